The summed E-state index contributed by atoms with van der Waals surface area (Å²) in [5, 5.41) is 7.93. The lowest BCUT2D eigenvalue weighted by Gasteiger charge is -2.30. The van der Waals surface area contributed by atoms with Gasteiger partial charge in [-0.15, -0.1) is 0 Å². The largest absolute Gasteiger partial charge is 0.381 e. The summed E-state index contributed by atoms with van der Waals surface area (Å²) < 4.78 is 43.2. The lowest BCUT2D eigenvalue weighted by atomic mass is 9.93. The first-order valence-electron chi connectivity index (χ1n) is 10.3. The molecule has 0 spiro atoms. The van der Waals surface area contributed by atoms with Crippen molar-refractivity contribution in [1.29, 1.82) is 0 Å². The molecule has 2 aromatic rings. The highest BCUT2D eigenvalue weighted by Crippen LogP contribution is 2.30. The molecule has 0 aliphatic carbocycles. The van der Waals surface area contributed by atoms with Crippen molar-refractivity contribution < 1.29 is 22.2 Å². The fourth-order valence-corrected chi connectivity index (χ4v) is 5.99. The van der Waals surface area contributed by atoms with Crippen LogP contribution in [0.4, 0.5) is 0 Å². The lowest BCUT2D eigenvalue weighted by Crippen LogP contribution is -2.38. The summed E-state index contributed by atoms with van der Waals surface area (Å²) in [5.74, 6) is 2.60. The molecule has 160 valence electrons. The zero-order valence-electron chi connectivity index (χ0n) is 17.0. The van der Waals surface area contributed by atoms with E-state index in [9.17, 15) is 8.42 Å². The quantitative estimate of drug-likeness (QED) is 0.696. The molecule has 0 atom stereocenters. The number of nitrogens with zero attached hydrogens (tertiary/aromatic N) is 4. The van der Waals surface area contributed by atoms with Crippen LogP contribution in [0.2, 0.25) is 0 Å². The first-order valence-corrected chi connectivity index (χ1v) is 11.7. The van der Waals surface area contributed by atoms with E-state index in [-0.39, 0.29) is 4.90 Å². The third-order valence-corrected chi connectivity index (χ3v) is 8.12. The van der Waals surface area contributed by atoms with Crippen LogP contribution < -0.4 is 0 Å². The molecule has 4 heterocycles. The van der Waals surface area contributed by atoms with Crippen LogP contribution in [-0.4, -0.2) is 54.3 Å². The minimum atomic E-state index is -3.55. The van der Waals surface area contributed by atoms with Gasteiger partial charge in [-0.05, 0) is 51.9 Å². The summed E-state index contributed by atoms with van der Waals surface area (Å²) >= 11 is 0. The topological polar surface area (TPSA) is 112 Å². The Bertz CT molecular complexity index is 905. The van der Waals surface area contributed by atoms with E-state index in [2.05, 4.69) is 15.3 Å². The molecule has 0 bridgehead atoms. The molecule has 4 rings (SSSR count). The molecular weight excluding hydrogens is 396 g/mol. The second-order valence-corrected chi connectivity index (χ2v) is 9.85. The summed E-state index contributed by atoms with van der Waals surface area (Å²) in [6.45, 7) is 5.82. The summed E-state index contributed by atoms with van der Waals surface area (Å²) in [7, 11) is -3.55. The number of ether oxygens (including phenoxy) is 1. The molecule has 0 unspecified atom stereocenters. The van der Waals surface area contributed by atoms with Gasteiger partial charge in [0.15, 0.2) is 11.6 Å². The molecule has 10 heteroatoms. The number of sulfonamides is 1. The van der Waals surface area contributed by atoms with Crippen LogP contribution in [0.3, 0.4) is 0 Å². The van der Waals surface area contributed by atoms with Gasteiger partial charge in [0.05, 0.1) is 0 Å². The maximum atomic E-state index is 12.9. The molecule has 0 N–H and O–H groups in total. The molecule has 2 saturated heterocycles. The Morgan fingerprint density at radius 2 is 1.76 bits per heavy atom. The van der Waals surface area contributed by atoms with Crippen molar-refractivity contribution in [2.45, 2.75) is 63.2 Å². The third kappa shape index (κ3) is 4.39. The predicted octanol–water partition coefficient (Wildman–Crippen LogP) is 2.60. The van der Waals surface area contributed by atoms with Crippen molar-refractivity contribution in [2.24, 2.45) is 5.92 Å². The van der Waals surface area contributed by atoms with Crippen molar-refractivity contribution in [3.8, 4) is 0 Å². The van der Waals surface area contributed by atoms with Gasteiger partial charge in [-0.2, -0.15) is 9.29 Å². The molecule has 29 heavy (non-hydrogen) atoms. The number of rotatable bonds is 6. The highest BCUT2D eigenvalue weighted by atomic mass is 32.2. The molecule has 2 aliphatic rings. The van der Waals surface area contributed by atoms with Crippen LogP contribution in [0.25, 0.3) is 0 Å². The fraction of sp³-hybridized carbons (Fsp3) is 0.737. The lowest BCUT2D eigenvalue weighted by molar-refractivity contribution is 0.0830. The van der Waals surface area contributed by atoms with Crippen LogP contribution in [0.1, 0.15) is 61.2 Å². The second-order valence-electron chi connectivity index (χ2n) is 7.97. The van der Waals surface area contributed by atoms with Crippen molar-refractivity contribution in [2.75, 3.05) is 26.3 Å². The molecule has 2 aliphatic heterocycles. The first kappa shape index (κ1) is 20.5. The SMILES string of the molecule is Cc1noc(C)c1S(=O)(=O)N1CCC(CCc2nc(C3CCOCC3)no2)CC1. The van der Waals surface area contributed by atoms with Gasteiger partial charge in [0.25, 0.3) is 0 Å². The number of piperidine rings is 1. The highest BCUT2D eigenvalue weighted by molar-refractivity contribution is 7.89. The number of aryl methyl sites for hydroxylation is 3. The van der Waals surface area contributed by atoms with Gasteiger partial charge >= 0.3 is 0 Å². The Morgan fingerprint density at radius 3 is 2.41 bits per heavy atom. The smallest absolute Gasteiger partial charge is 0.248 e. The maximum Gasteiger partial charge on any atom is 0.248 e. The molecule has 0 amide bonds. The number of aromatic nitrogens is 3. The van der Waals surface area contributed by atoms with Crippen molar-refractivity contribution >= 4 is 10.0 Å². The highest BCUT2D eigenvalue weighted by Gasteiger charge is 2.33. The van der Waals surface area contributed by atoms with E-state index in [1.54, 1.807) is 18.2 Å². The van der Waals surface area contributed by atoms with Gasteiger partial charge in [0.2, 0.25) is 15.9 Å². The Morgan fingerprint density at radius 1 is 1.03 bits per heavy atom. The summed E-state index contributed by atoms with van der Waals surface area (Å²) in [6.07, 6.45) is 5.19. The molecule has 2 fully saturated rings. The van der Waals surface area contributed by atoms with Gasteiger partial charge in [0, 0.05) is 38.6 Å². The van der Waals surface area contributed by atoms with Gasteiger partial charge in [-0.1, -0.05) is 10.3 Å². The minimum Gasteiger partial charge on any atom is -0.381 e. The fourth-order valence-electron chi connectivity index (χ4n) is 4.23. The Balaban J connectivity index is 1.29. The number of hydrogen-bond acceptors (Lipinski definition) is 8. The van der Waals surface area contributed by atoms with Gasteiger partial charge in [0.1, 0.15) is 10.6 Å². The summed E-state index contributed by atoms with van der Waals surface area (Å²) in [6, 6.07) is 0. The van der Waals surface area contributed by atoms with Crippen molar-refractivity contribution in [3.63, 3.8) is 0 Å². The molecule has 0 aromatic carbocycles. The average molecular weight is 425 g/mol. The molecule has 9 nitrogen and oxygen atoms in total. The molecule has 0 saturated carbocycles. The first-order chi connectivity index (χ1) is 13.9. The Kier molecular flexibility index (Phi) is 6.03. The van der Waals surface area contributed by atoms with Crippen molar-refractivity contribution in [1.82, 2.24) is 19.6 Å². The van der Waals surface area contributed by atoms with Crippen LogP contribution in [-0.2, 0) is 21.2 Å². The van der Waals surface area contributed by atoms with Gasteiger partial charge in [-0.25, -0.2) is 8.42 Å². The summed E-state index contributed by atoms with van der Waals surface area (Å²) in [5.41, 5.74) is 0.418. The van der Waals surface area contributed by atoms with E-state index in [0.717, 1.165) is 57.6 Å². The second kappa shape index (κ2) is 8.53. The third-order valence-electron chi connectivity index (χ3n) is 5.98. The minimum absolute atomic E-state index is 0.211. The van der Waals surface area contributed by atoms with Crippen LogP contribution in [0, 0.1) is 19.8 Å². The maximum absolute atomic E-state index is 12.9. The van der Waals surface area contributed by atoms with Crippen LogP contribution in [0.5, 0.6) is 0 Å². The van der Waals surface area contributed by atoms with Gasteiger partial charge < -0.3 is 13.8 Å². The van der Waals surface area contributed by atoms with E-state index in [1.165, 1.54) is 0 Å². The number of hydrogen-bond donors (Lipinski definition) is 0. The van der Waals surface area contributed by atoms with E-state index in [0.29, 0.717) is 42.3 Å². The molecule has 0 radical (unpaired) electrons. The average Bonchev–Trinajstić information content (AvgIpc) is 3.34. The van der Waals surface area contributed by atoms with Crippen LogP contribution >= 0.6 is 0 Å². The predicted molar refractivity (Wildman–Crippen MR) is 103 cm³/mol. The van der Waals surface area contributed by atoms with E-state index in [1.807, 2.05) is 0 Å². The van der Waals surface area contributed by atoms with E-state index in [4.69, 9.17) is 13.8 Å². The monoisotopic (exact) mass is 424 g/mol. The van der Waals surface area contributed by atoms with Crippen molar-refractivity contribution in [3.05, 3.63) is 23.2 Å². The Labute approximate surface area is 170 Å². The Hall–Kier alpha value is -1.78. The standard InChI is InChI=1S/C19H28N4O5S/c1-13-18(14(2)27-21-13)29(24,25)23-9-5-15(6-10-23)3-4-17-20-19(22-28-17)16-7-11-26-12-8-16/h15-16H,3-12H2,1-2H3. The van der Waals surface area contributed by atoms with Crippen LogP contribution in [0.15, 0.2) is 13.9 Å². The molecule has 2 aromatic heterocycles. The van der Waals surface area contributed by atoms with E-state index >= 15 is 0 Å². The zero-order valence-corrected chi connectivity index (χ0v) is 17.8. The normalized spacial score (nSPS) is 20.3. The molecular formula is C19H28N4O5S. The van der Waals surface area contributed by atoms with Gasteiger partial charge in [-0.3, -0.25) is 0 Å². The zero-order chi connectivity index (χ0) is 20.4. The summed E-state index contributed by atoms with van der Waals surface area (Å²) in [4.78, 5) is 4.78. The van der Waals surface area contributed by atoms with E-state index < -0.39 is 10.0 Å².